The van der Waals surface area contributed by atoms with Gasteiger partial charge in [-0.15, -0.1) is 11.3 Å². The number of nitrogens with one attached hydrogen (secondary N) is 2. The fourth-order valence-electron chi connectivity index (χ4n) is 2.51. The van der Waals surface area contributed by atoms with Gasteiger partial charge in [-0.2, -0.15) is 0 Å². The summed E-state index contributed by atoms with van der Waals surface area (Å²) in [7, 11) is 0. The number of amides is 1. The monoisotopic (exact) mass is 266 g/mol. The third kappa shape index (κ3) is 2.93. The summed E-state index contributed by atoms with van der Waals surface area (Å²) in [5.41, 5.74) is 1.31. The van der Waals surface area contributed by atoms with Crippen molar-refractivity contribution in [3.8, 4) is 0 Å². The smallest absolute Gasteiger partial charge is 0.237 e. The third-order valence-corrected chi connectivity index (χ3v) is 4.80. The lowest BCUT2D eigenvalue weighted by Crippen LogP contribution is -2.55. The second kappa shape index (κ2) is 5.41. The molecule has 2 N–H and O–H groups in total. The second-order valence-electron chi connectivity index (χ2n) is 5.72. The van der Waals surface area contributed by atoms with Crippen molar-refractivity contribution in [2.45, 2.75) is 46.2 Å². The van der Waals surface area contributed by atoms with Crippen molar-refractivity contribution in [3.05, 3.63) is 21.9 Å². The molecule has 4 heteroatoms. The number of aryl methyl sites for hydroxylation is 1. The molecule has 0 bridgehead atoms. The molecule has 18 heavy (non-hydrogen) atoms. The van der Waals surface area contributed by atoms with Crippen LogP contribution in [0.1, 0.15) is 37.1 Å². The highest BCUT2D eigenvalue weighted by Crippen LogP contribution is 2.30. The van der Waals surface area contributed by atoms with Gasteiger partial charge in [0.25, 0.3) is 0 Å². The maximum absolute atomic E-state index is 12.3. The Bertz CT molecular complexity index is 425. The van der Waals surface area contributed by atoms with Crippen LogP contribution in [0.5, 0.6) is 0 Å². The molecule has 1 unspecified atom stereocenters. The van der Waals surface area contributed by atoms with Gasteiger partial charge in [-0.25, -0.2) is 0 Å². The molecule has 0 radical (unpaired) electrons. The Morgan fingerprint density at radius 2 is 2.39 bits per heavy atom. The molecule has 1 aliphatic heterocycles. The maximum Gasteiger partial charge on any atom is 0.237 e. The molecule has 1 aromatic rings. The van der Waals surface area contributed by atoms with E-state index in [0.29, 0.717) is 6.54 Å². The van der Waals surface area contributed by atoms with Crippen LogP contribution in [0.3, 0.4) is 0 Å². The lowest BCUT2D eigenvalue weighted by molar-refractivity contribution is -0.126. The van der Waals surface area contributed by atoms with Gasteiger partial charge in [-0.05, 0) is 48.7 Å². The lowest BCUT2D eigenvalue weighted by Gasteiger charge is -2.38. The van der Waals surface area contributed by atoms with Crippen LogP contribution in [0.15, 0.2) is 11.4 Å². The second-order valence-corrected chi connectivity index (χ2v) is 6.72. The Morgan fingerprint density at radius 3 is 3.00 bits per heavy atom. The van der Waals surface area contributed by atoms with Crippen molar-refractivity contribution in [2.75, 3.05) is 6.54 Å². The molecule has 2 heterocycles. The SMILES string of the molecule is Cc1ccsc1CNC(=O)C1NCCCC1(C)C. The maximum atomic E-state index is 12.3. The molecule has 100 valence electrons. The van der Waals surface area contributed by atoms with E-state index in [1.54, 1.807) is 11.3 Å². The number of carbonyl (C=O) groups excluding carboxylic acids is 1. The zero-order valence-electron chi connectivity index (χ0n) is 11.4. The first-order chi connectivity index (χ1) is 8.50. The molecule has 1 aliphatic rings. The average molecular weight is 266 g/mol. The molecule has 0 saturated carbocycles. The zero-order valence-corrected chi connectivity index (χ0v) is 12.2. The molecule has 1 atom stereocenters. The number of carbonyl (C=O) groups is 1. The largest absolute Gasteiger partial charge is 0.350 e. The first-order valence-electron chi connectivity index (χ1n) is 6.55. The van der Waals surface area contributed by atoms with E-state index in [4.69, 9.17) is 0 Å². The Hall–Kier alpha value is -0.870. The predicted molar refractivity (Wildman–Crippen MR) is 75.7 cm³/mol. The van der Waals surface area contributed by atoms with E-state index in [1.165, 1.54) is 10.4 Å². The number of rotatable bonds is 3. The van der Waals surface area contributed by atoms with Gasteiger partial charge in [0.05, 0.1) is 12.6 Å². The van der Waals surface area contributed by atoms with E-state index in [-0.39, 0.29) is 17.4 Å². The van der Waals surface area contributed by atoms with E-state index in [0.717, 1.165) is 19.4 Å². The van der Waals surface area contributed by atoms with E-state index in [2.05, 4.69) is 42.9 Å². The molecular weight excluding hydrogens is 244 g/mol. The van der Waals surface area contributed by atoms with Gasteiger partial charge in [0.1, 0.15) is 0 Å². The molecule has 0 aromatic carbocycles. The van der Waals surface area contributed by atoms with Gasteiger partial charge in [0.2, 0.25) is 5.91 Å². The summed E-state index contributed by atoms with van der Waals surface area (Å²) in [4.78, 5) is 13.5. The van der Waals surface area contributed by atoms with Crippen molar-refractivity contribution in [3.63, 3.8) is 0 Å². The van der Waals surface area contributed by atoms with Crippen LogP contribution in [0.25, 0.3) is 0 Å². The van der Waals surface area contributed by atoms with Crippen molar-refractivity contribution < 1.29 is 4.79 Å². The summed E-state index contributed by atoms with van der Waals surface area (Å²) in [6.07, 6.45) is 2.26. The summed E-state index contributed by atoms with van der Waals surface area (Å²) in [5.74, 6) is 0.132. The van der Waals surface area contributed by atoms with E-state index < -0.39 is 0 Å². The molecule has 1 fully saturated rings. The summed E-state index contributed by atoms with van der Waals surface area (Å²) in [6.45, 7) is 8.01. The Balaban J connectivity index is 1.93. The Morgan fingerprint density at radius 1 is 1.61 bits per heavy atom. The van der Waals surface area contributed by atoms with Crippen molar-refractivity contribution in [1.82, 2.24) is 10.6 Å². The minimum absolute atomic E-state index is 0.0484. The van der Waals surface area contributed by atoms with Gasteiger partial charge in [-0.1, -0.05) is 13.8 Å². The van der Waals surface area contributed by atoms with Gasteiger partial charge in [-0.3, -0.25) is 4.79 Å². The molecule has 1 aromatic heterocycles. The summed E-state index contributed by atoms with van der Waals surface area (Å²) >= 11 is 1.70. The van der Waals surface area contributed by atoms with Crippen LogP contribution < -0.4 is 10.6 Å². The Kier molecular flexibility index (Phi) is 4.07. The summed E-state index contributed by atoms with van der Waals surface area (Å²) in [5, 5.41) is 8.47. The van der Waals surface area contributed by atoms with Crippen LogP contribution in [0.2, 0.25) is 0 Å². The van der Waals surface area contributed by atoms with Gasteiger partial charge < -0.3 is 10.6 Å². The molecule has 3 nitrogen and oxygen atoms in total. The van der Waals surface area contributed by atoms with E-state index in [9.17, 15) is 4.79 Å². The van der Waals surface area contributed by atoms with E-state index in [1.807, 2.05) is 0 Å². The fraction of sp³-hybridized carbons (Fsp3) is 0.643. The van der Waals surface area contributed by atoms with Crippen molar-refractivity contribution >= 4 is 17.2 Å². The number of hydrogen-bond acceptors (Lipinski definition) is 3. The topological polar surface area (TPSA) is 41.1 Å². The first kappa shape index (κ1) is 13.6. The number of hydrogen-bond donors (Lipinski definition) is 2. The first-order valence-corrected chi connectivity index (χ1v) is 7.43. The lowest BCUT2D eigenvalue weighted by atomic mass is 9.77. The number of thiophene rings is 1. The van der Waals surface area contributed by atoms with Crippen molar-refractivity contribution in [1.29, 1.82) is 0 Å². The molecule has 1 amide bonds. The standard InChI is InChI=1S/C14H22N2OS/c1-10-5-8-18-11(10)9-16-13(17)12-14(2,3)6-4-7-15-12/h5,8,12,15H,4,6-7,9H2,1-3H3,(H,16,17). The molecule has 2 rings (SSSR count). The van der Waals surface area contributed by atoms with Crippen molar-refractivity contribution in [2.24, 2.45) is 5.41 Å². The minimum Gasteiger partial charge on any atom is -0.350 e. The molecule has 0 aliphatic carbocycles. The zero-order chi connectivity index (χ0) is 13.2. The molecule has 0 spiro atoms. The van der Waals surface area contributed by atoms with Gasteiger partial charge >= 0.3 is 0 Å². The van der Waals surface area contributed by atoms with Gasteiger partial charge in [0, 0.05) is 4.88 Å². The van der Waals surface area contributed by atoms with Crippen LogP contribution in [0.4, 0.5) is 0 Å². The quantitative estimate of drug-likeness (QED) is 0.882. The van der Waals surface area contributed by atoms with Crippen LogP contribution in [0, 0.1) is 12.3 Å². The summed E-state index contributed by atoms with van der Waals surface area (Å²) < 4.78 is 0. The Labute approximate surface area is 113 Å². The highest BCUT2D eigenvalue weighted by molar-refractivity contribution is 7.10. The normalized spacial score (nSPS) is 22.7. The highest BCUT2D eigenvalue weighted by Gasteiger charge is 2.36. The highest BCUT2D eigenvalue weighted by atomic mass is 32.1. The van der Waals surface area contributed by atoms with E-state index >= 15 is 0 Å². The third-order valence-electron chi connectivity index (χ3n) is 3.78. The average Bonchev–Trinajstić information content (AvgIpc) is 2.71. The summed E-state index contributed by atoms with van der Waals surface area (Å²) in [6, 6.07) is 2.03. The molecular formula is C14H22N2OS. The molecule has 1 saturated heterocycles. The van der Waals surface area contributed by atoms with Gasteiger partial charge in [0.15, 0.2) is 0 Å². The minimum atomic E-state index is -0.0634. The predicted octanol–water partition coefficient (Wildman–Crippen LogP) is 2.45. The van der Waals surface area contributed by atoms with Crippen LogP contribution in [-0.4, -0.2) is 18.5 Å². The van der Waals surface area contributed by atoms with Crippen LogP contribution in [-0.2, 0) is 11.3 Å². The fourth-order valence-corrected chi connectivity index (χ4v) is 3.36. The van der Waals surface area contributed by atoms with Crippen LogP contribution >= 0.6 is 11.3 Å². The number of piperidine rings is 1.